The standard InChI is InChI=1S/C13H31N3O/c1-4-16(5-2)11-7-10-15-13(12-17-3)8-6-9-14/h13,15H,4-12,14H2,1-3H3. The van der Waals surface area contributed by atoms with Crippen LogP contribution in [0.1, 0.15) is 33.1 Å². The number of nitrogens with one attached hydrogen (secondary N) is 1. The van der Waals surface area contributed by atoms with Gasteiger partial charge in [-0.2, -0.15) is 0 Å². The fraction of sp³-hybridized carbons (Fsp3) is 1.00. The maximum Gasteiger partial charge on any atom is 0.0615 e. The number of hydrogen-bond donors (Lipinski definition) is 2. The lowest BCUT2D eigenvalue weighted by molar-refractivity contribution is 0.160. The summed E-state index contributed by atoms with van der Waals surface area (Å²) in [5.74, 6) is 0. The Kier molecular flexibility index (Phi) is 12.2. The molecule has 0 aromatic heterocycles. The Morgan fingerprint density at radius 1 is 1.24 bits per heavy atom. The molecular weight excluding hydrogens is 214 g/mol. The van der Waals surface area contributed by atoms with Crippen molar-refractivity contribution in [1.29, 1.82) is 0 Å². The van der Waals surface area contributed by atoms with Crippen LogP contribution in [0.15, 0.2) is 0 Å². The molecule has 3 N–H and O–H groups in total. The molecule has 0 bridgehead atoms. The van der Waals surface area contributed by atoms with E-state index in [-0.39, 0.29) is 0 Å². The summed E-state index contributed by atoms with van der Waals surface area (Å²) in [7, 11) is 1.76. The molecule has 0 aliphatic heterocycles. The Morgan fingerprint density at radius 2 is 1.94 bits per heavy atom. The summed E-state index contributed by atoms with van der Waals surface area (Å²) in [6, 6.07) is 0.459. The van der Waals surface area contributed by atoms with Crippen LogP contribution in [0.2, 0.25) is 0 Å². The molecule has 0 amide bonds. The van der Waals surface area contributed by atoms with Crippen molar-refractivity contribution in [3.63, 3.8) is 0 Å². The Labute approximate surface area is 107 Å². The zero-order chi connectivity index (χ0) is 12.9. The molecule has 4 heteroatoms. The highest BCUT2D eigenvalue weighted by Crippen LogP contribution is 1.97. The first-order chi connectivity index (χ1) is 8.28. The van der Waals surface area contributed by atoms with Crippen LogP contribution in [0.3, 0.4) is 0 Å². The average molecular weight is 245 g/mol. The SMILES string of the molecule is CCN(CC)CCCNC(CCCN)COC. The molecule has 0 aliphatic rings. The van der Waals surface area contributed by atoms with Gasteiger partial charge in [0, 0.05) is 13.2 Å². The summed E-state index contributed by atoms with van der Waals surface area (Å²) in [5.41, 5.74) is 5.53. The Balaban J connectivity index is 3.58. The summed E-state index contributed by atoms with van der Waals surface area (Å²) in [6.45, 7) is 10.5. The van der Waals surface area contributed by atoms with Gasteiger partial charge < -0.3 is 20.7 Å². The van der Waals surface area contributed by atoms with Gasteiger partial charge >= 0.3 is 0 Å². The van der Waals surface area contributed by atoms with Crippen molar-refractivity contribution in [2.45, 2.75) is 39.2 Å². The summed E-state index contributed by atoms with van der Waals surface area (Å²) in [5, 5.41) is 3.55. The number of rotatable bonds is 12. The van der Waals surface area contributed by atoms with E-state index in [4.69, 9.17) is 10.5 Å². The second-order valence-corrected chi connectivity index (χ2v) is 4.42. The predicted molar refractivity (Wildman–Crippen MR) is 74.4 cm³/mol. The van der Waals surface area contributed by atoms with Crippen molar-refractivity contribution in [3.8, 4) is 0 Å². The van der Waals surface area contributed by atoms with Gasteiger partial charge in [-0.25, -0.2) is 0 Å². The van der Waals surface area contributed by atoms with Crippen molar-refractivity contribution < 1.29 is 4.74 Å². The second-order valence-electron chi connectivity index (χ2n) is 4.42. The van der Waals surface area contributed by atoms with Crippen molar-refractivity contribution in [1.82, 2.24) is 10.2 Å². The molecule has 104 valence electrons. The quantitative estimate of drug-likeness (QED) is 0.505. The third-order valence-corrected chi connectivity index (χ3v) is 3.10. The largest absolute Gasteiger partial charge is 0.383 e. The molecule has 0 saturated carbocycles. The molecule has 1 atom stereocenters. The highest BCUT2D eigenvalue weighted by atomic mass is 16.5. The highest BCUT2D eigenvalue weighted by molar-refractivity contribution is 4.67. The van der Waals surface area contributed by atoms with Gasteiger partial charge in [0.15, 0.2) is 0 Å². The second kappa shape index (κ2) is 12.3. The average Bonchev–Trinajstić information content (AvgIpc) is 2.36. The minimum atomic E-state index is 0.459. The van der Waals surface area contributed by atoms with E-state index in [1.807, 2.05) is 0 Å². The van der Waals surface area contributed by atoms with Crippen LogP contribution in [-0.4, -0.2) is 57.4 Å². The lowest BCUT2D eigenvalue weighted by Crippen LogP contribution is -2.36. The maximum absolute atomic E-state index is 5.53. The van der Waals surface area contributed by atoms with E-state index in [0.717, 1.165) is 45.6 Å². The van der Waals surface area contributed by atoms with Gasteiger partial charge in [-0.05, 0) is 52.0 Å². The monoisotopic (exact) mass is 245 g/mol. The van der Waals surface area contributed by atoms with E-state index in [0.29, 0.717) is 6.04 Å². The van der Waals surface area contributed by atoms with Crippen LogP contribution in [0, 0.1) is 0 Å². The van der Waals surface area contributed by atoms with Crippen LogP contribution in [-0.2, 0) is 4.74 Å². The van der Waals surface area contributed by atoms with Crippen molar-refractivity contribution in [2.24, 2.45) is 5.73 Å². The first kappa shape index (κ1) is 16.8. The van der Waals surface area contributed by atoms with E-state index in [2.05, 4.69) is 24.1 Å². The van der Waals surface area contributed by atoms with E-state index in [1.165, 1.54) is 13.0 Å². The molecule has 0 aromatic rings. The van der Waals surface area contributed by atoms with E-state index < -0.39 is 0 Å². The zero-order valence-electron chi connectivity index (χ0n) is 11.9. The summed E-state index contributed by atoms with van der Waals surface area (Å²) >= 11 is 0. The fourth-order valence-electron chi connectivity index (χ4n) is 1.96. The number of ether oxygens (including phenoxy) is 1. The van der Waals surface area contributed by atoms with Gasteiger partial charge in [-0.15, -0.1) is 0 Å². The molecule has 0 saturated heterocycles. The molecule has 0 aromatic carbocycles. The summed E-state index contributed by atoms with van der Waals surface area (Å²) in [6.07, 6.45) is 3.37. The van der Waals surface area contributed by atoms with Gasteiger partial charge in [-0.3, -0.25) is 0 Å². The van der Waals surface area contributed by atoms with Crippen molar-refractivity contribution in [2.75, 3.05) is 46.4 Å². The molecule has 17 heavy (non-hydrogen) atoms. The topological polar surface area (TPSA) is 50.5 Å². The number of nitrogens with two attached hydrogens (primary N) is 1. The van der Waals surface area contributed by atoms with Gasteiger partial charge in [0.25, 0.3) is 0 Å². The molecule has 0 fully saturated rings. The molecule has 1 unspecified atom stereocenters. The Bertz CT molecular complexity index is 152. The summed E-state index contributed by atoms with van der Waals surface area (Å²) in [4.78, 5) is 2.45. The zero-order valence-corrected chi connectivity index (χ0v) is 11.9. The van der Waals surface area contributed by atoms with Crippen LogP contribution >= 0.6 is 0 Å². The molecule has 0 spiro atoms. The maximum atomic E-state index is 5.53. The lowest BCUT2D eigenvalue weighted by atomic mass is 10.1. The van der Waals surface area contributed by atoms with E-state index in [9.17, 15) is 0 Å². The van der Waals surface area contributed by atoms with Gasteiger partial charge in [0.1, 0.15) is 0 Å². The van der Waals surface area contributed by atoms with E-state index >= 15 is 0 Å². The Morgan fingerprint density at radius 3 is 2.47 bits per heavy atom. The van der Waals surface area contributed by atoms with Crippen LogP contribution in [0.25, 0.3) is 0 Å². The molecule has 4 nitrogen and oxygen atoms in total. The highest BCUT2D eigenvalue weighted by Gasteiger charge is 2.06. The molecule has 0 heterocycles. The normalized spacial score (nSPS) is 13.2. The first-order valence-corrected chi connectivity index (χ1v) is 6.93. The number of methoxy groups -OCH3 is 1. The van der Waals surface area contributed by atoms with Crippen molar-refractivity contribution >= 4 is 0 Å². The predicted octanol–water partition coefficient (Wildman–Crippen LogP) is 1.06. The third kappa shape index (κ3) is 9.53. The van der Waals surface area contributed by atoms with Gasteiger partial charge in [-0.1, -0.05) is 13.8 Å². The number of nitrogens with zero attached hydrogens (tertiary/aromatic N) is 1. The van der Waals surface area contributed by atoms with Gasteiger partial charge in [0.2, 0.25) is 0 Å². The third-order valence-electron chi connectivity index (χ3n) is 3.10. The molecular formula is C13H31N3O. The van der Waals surface area contributed by atoms with E-state index in [1.54, 1.807) is 7.11 Å². The molecule has 0 radical (unpaired) electrons. The molecule has 0 rings (SSSR count). The lowest BCUT2D eigenvalue weighted by Gasteiger charge is -2.20. The first-order valence-electron chi connectivity index (χ1n) is 6.93. The minimum absolute atomic E-state index is 0.459. The molecule has 0 aliphatic carbocycles. The van der Waals surface area contributed by atoms with Crippen LogP contribution in [0.4, 0.5) is 0 Å². The fourth-order valence-corrected chi connectivity index (χ4v) is 1.96. The Hall–Kier alpha value is -0.160. The van der Waals surface area contributed by atoms with Crippen LogP contribution in [0.5, 0.6) is 0 Å². The minimum Gasteiger partial charge on any atom is -0.383 e. The van der Waals surface area contributed by atoms with Crippen molar-refractivity contribution in [3.05, 3.63) is 0 Å². The van der Waals surface area contributed by atoms with Gasteiger partial charge in [0.05, 0.1) is 6.61 Å². The smallest absolute Gasteiger partial charge is 0.0615 e. The summed E-state index contributed by atoms with van der Waals surface area (Å²) < 4.78 is 5.21. The van der Waals surface area contributed by atoms with Crippen LogP contribution < -0.4 is 11.1 Å². The number of hydrogen-bond acceptors (Lipinski definition) is 4.